The second-order valence-electron chi connectivity index (χ2n) is 17.2. The first kappa shape index (κ1) is 51.4. The zero-order chi connectivity index (χ0) is 36.6. The van der Waals surface area contributed by atoms with Crippen molar-refractivity contribution >= 4 is 8.58 Å². The minimum atomic E-state index is 1.37. The van der Waals surface area contributed by atoms with Crippen LogP contribution in [-0.2, 0) is 0 Å². The molecule has 0 atom stereocenters. The molecule has 0 heterocycles. The van der Waals surface area contributed by atoms with Crippen LogP contribution in [0.25, 0.3) is 0 Å². The first-order valence-electron chi connectivity index (χ1n) is 25.0. The minimum absolute atomic E-state index is 1.37. The molecule has 0 N–H and O–H groups in total. The summed E-state index contributed by atoms with van der Waals surface area (Å²) in [6.45, 7) is 4.62. The summed E-state index contributed by atoms with van der Waals surface area (Å²) in [4.78, 5) is 0. The van der Waals surface area contributed by atoms with Crippen molar-refractivity contribution < 1.29 is 0 Å². The van der Waals surface area contributed by atoms with Gasteiger partial charge in [0.1, 0.15) is 0 Å². The topological polar surface area (TPSA) is 0 Å². The Morgan fingerprint density at radius 3 is 0.412 bits per heavy atom. The van der Waals surface area contributed by atoms with Gasteiger partial charge in [-0.2, -0.15) is 0 Å². The van der Waals surface area contributed by atoms with Crippen LogP contribution in [0, 0.1) is 0 Å². The molecule has 0 aliphatic heterocycles. The van der Waals surface area contributed by atoms with Gasteiger partial charge < -0.3 is 0 Å². The summed E-state index contributed by atoms with van der Waals surface area (Å²) in [5.74, 6) is 0. The fourth-order valence-electron chi connectivity index (χ4n) is 8.13. The maximum Gasteiger partial charge on any atom is -0.0287 e. The van der Waals surface area contributed by atoms with Crippen LogP contribution in [0.5, 0.6) is 0 Å². The van der Waals surface area contributed by atoms with Crippen LogP contribution in [0.4, 0.5) is 0 Å². The van der Waals surface area contributed by atoms with Crippen molar-refractivity contribution in [1.82, 2.24) is 0 Å². The number of rotatable bonds is 48. The third kappa shape index (κ3) is 50.4. The van der Waals surface area contributed by atoms with E-state index >= 15 is 0 Å². The zero-order valence-electron chi connectivity index (χ0n) is 36.4. The summed E-state index contributed by atoms with van der Waals surface area (Å²) in [5.41, 5.74) is 0. The largest absolute Gasteiger partial charge is 0.0810 e. The molecule has 0 rings (SSSR count). The van der Waals surface area contributed by atoms with E-state index in [0.29, 0.717) is 0 Å². The quantitative estimate of drug-likeness (QED) is 0.0431. The smallest absolute Gasteiger partial charge is 0.0287 e. The predicted molar refractivity (Wildman–Crippen MR) is 240 cm³/mol. The molecular weight excluding hydrogens is 632 g/mol. The third-order valence-electron chi connectivity index (χ3n) is 11.8. The van der Waals surface area contributed by atoms with E-state index in [1.54, 1.807) is 8.58 Å². The van der Waals surface area contributed by atoms with Gasteiger partial charge in [-0.05, 0) is 25.2 Å². The lowest BCUT2D eigenvalue weighted by Gasteiger charge is -2.05. The van der Waals surface area contributed by atoms with Crippen LogP contribution < -0.4 is 0 Å². The highest BCUT2D eigenvalue weighted by Gasteiger charge is 1.99. The monoisotopic (exact) mass is 734 g/mol. The zero-order valence-corrected chi connectivity index (χ0v) is 37.3. The highest BCUT2D eigenvalue weighted by atomic mass is 31.1. The normalized spacial score (nSPS) is 11.6. The minimum Gasteiger partial charge on any atom is -0.0810 e. The van der Waals surface area contributed by atoms with Crippen molar-refractivity contribution in [1.29, 1.82) is 0 Å². The van der Waals surface area contributed by atoms with E-state index in [0.717, 1.165) is 0 Å². The molecule has 0 aromatic carbocycles. The van der Waals surface area contributed by atoms with E-state index in [4.69, 9.17) is 0 Å². The summed E-state index contributed by atoms with van der Waals surface area (Å²) in [6, 6.07) is 0. The molecule has 1 heteroatoms. The maximum atomic E-state index is 2.31. The highest BCUT2D eigenvalue weighted by Crippen LogP contribution is 2.20. The Kier molecular flexibility index (Phi) is 50.9. The lowest BCUT2D eigenvalue weighted by Crippen LogP contribution is -1.86. The summed E-state index contributed by atoms with van der Waals surface area (Å²) >= 11 is 0. The summed E-state index contributed by atoms with van der Waals surface area (Å²) in [6.07, 6.45) is 71.2. The molecule has 1 radical (unpaired) electrons. The Morgan fingerprint density at radius 1 is 0.157 bits per heavy atom. The molecule has 0 fully saturated rings. The molecule has 0 saturated carbocycles. The highest BCUT2D eigenvalue weighted by molar-refractivity contribution is 7.37. The van der Waals surface area contributed by atoms with Gasteiger partial charge in [0.15, 0.2) is 0 Å². The molecule has 0 aromatic rings. The van der Waals surface area contributed by atoms with Crippen molar-refractivity contribution in [3.63, 3.8) is 0 Å². The van der Waals surface area contributed by atoms with Gasteiger partial charge in [-0.15, -0.1) is 0 Å². The number of unbranched alkanes of at least 4 members (excludes halogenated alkanes) is 44. The van der Waals surface area contributed by atoms with Crippen LogP contribution in [0.2, 0.25) is 0 Å². The molecular formula is C50H102P. The Hall–Kier alpha value is 0.430. The summed E-state index contributed by atoms with van der Waals surface area (Å²) in [7, 11) is 1.74. The van der Waals surface area contributed by atoms with Crippen LogP contribution in [0.15, 0.2) is 0 Å². The van der Waals surface area contributed by atoms with E-state index in [1.807, 2.05) is 0 Å². The average Bonchev–Trinajstić information content (AvgIpc) is 3.14. The lowest BCUT2D eigenvalue weighted by atomic mass is 10.0. The van der Waals surface area contributed by atoms with Crippen molar-refractivity contribution in [2.75, 3.05) is 12.3 Å². The first-order valence-corrected chi connectivity index (χ1v) is 26.3. The molecule has 0 aromatic heterocycles. The summed E-state index contributed by atoms with van der Waals surface area (Å²) in [5, 5.41) is 0. The van der Waals surface area contributed by atoms with Gasteiger partial charge in [0.2, 0.25) is 0 Å². The Labute approximate surface area is 329 Å². The molecule has 51 heavy (non-hydrogen) atoms. The SMILES string of the molecule is CCCCCCCCCCCCCCCCCCCCCCCCC[P]CCCCCCCCCCCCCCCCCCCCCCCCC. The molecule has 0 aliphatic rings. The Bertz CT molecular complexity index is 509. The third-order valence-corrected chi connectivity index (χ3v) is 13.1. The van der Waals surface area contributed by atoms with Gasteiger partial charge >= 0.3 is 0 Å². The van der Waals surface area contributed by atoms with Crippen molar-refractivity contribution in [3.05, 3.63) is 0 Å². The fourth-order valence-corrected chi connectivity index (χ4v) is 9.25. The van der Waals surface area contributed by atoms with Gasteiger partial charge in [0, 0.05) is 0 Å². The maximum absolute atomic E-state index is 2.31. The van der Waals surface area contributed by atoms with Gasteiger partial charge in [-0.25, -0.2) is 0 Å². The van der Waals surface area contributed by atoms with Gasteiger partial charge in [-0.1, -0.05) is 305 Å². The molecule has 0 saturated heterocycles. The molecule has 0 amide bonds. The molecule has 307 valence electrons. The summed E-state index contributed by atoms with van der Waals surface area (Å²) < 4.78 is 0. The van der Waals surface area contributed by atoms with E-state index in [-0.39, 0.29) is 0 Å². The molecule has 0 bridgehead atoms. The van der Waals surface area contributed by atoms with E-state index in [9.17, 15) is 0 Å². The average molecular weight is 734 g/mol. The van der Waals surface area contributed by atoms with Crippen molar-refractivity contribution in [2.45, 2.75) is 309 Å². The van der Waals surface area contributed by atoms with Crippen molar-refractivity contribution in [3.8, 4) is 0 Å². The standard InChI is InChI=1S/C50H102P/c1-3-5-7-9-11-13-15-17-19-21-23-25-27-29-31-33-35-37-39-41-43-45-47-49-51-50-48-46-44-42-40-38-36-34-32-30-28-26-24-22-20-18-16-14-12-10-8-6-4-2/h3-50H2,1-2H3. The van der Waals surface area contributed by atoms with E-state index in [2.05, 4.69) is 13.8 Å². The van der Waals surface area contributed by atoms with E-state index in [1.165, 1.54) is 308 Å². The van der Waals surface area contributed by atoms with Crippen LogP contribution in [0.3, 0.4) is 0 Å². The molecule has 0 nitrogen and oxygen atoms in total. The molecule has 0 unspecified atom stereocenters. The van der Waals surface area contributed by atoms with Gasteiger partial charge in [0.25, 0.3) is 0 Å². The second-order valence-corrected chi connectivity index (χ2v) is 18.6. The molecule has 0 spiro atoms. The van der Waals surface area contributed by atoms with Gasteiger partial charge in [0.05, 0.1) is 0 Å². The van der Waals surface area contributed by atoms with Crippen LogP contribution >= 0.6 is 8.58 Å². The fraction of sp³-hybridized carbons (Fsp3) is 1.00. The van der Waals surface area contributed by atoms with E-state index < -0.39 is 0 Å². The Balaban J connectivity index is 3.04. The van der Waals surface area contributed by atoms with Crippen LogP contribution in [-0.4, -0.2) is 12.3 Å². The second kappa shape index (κ2) is 50.4. The Morgan fingerprint density at radius 2 is 0.275 bits per heavy atom. The van der Waals surface area contributed by atoms with Crippen LogP contribution in [0.1, 0.15) is 309 Å². The van der Waals surface area contributed by atoms with Gasteiger partial charge in [-0.3, -0.25) is 0 Å². The predicted octanol–water partition coefficient (Wildman–Crippen LogP) is 19.9. The first-order chi connectivity index (χ1) is 25.4. The van der Waals surface area contributed by atoms with Crippen molar-refractivity contribution in [2.24, 2.45) is 0 Å². The number of hydrogen-bond donors (Lipinski definition) is 0. The number of hydrogen-bond acceptors (Lipinski definition) is 0. The lowest BCUT2D eigenvalue weighted by molar-refractivity contribution is 0.518. The molecule has 0 aliphatic carbocycles.